The molecule has 9 nitrogen and oxygen atoms in total. The second-order valence-electron chi connectivity index (χ2n) is 9.40. The number of nitrogens with zero attached hydrogens (tertiary/aromatic N) is 3. The molecule has 38 heavy (non-hydrogen) atoms. The van der Waals surface area contributed by atoms with Crippen LogP contribution in [0.25, 0.3) is 5.76 Å². The van der Waals surface area contributed by atoms with Crippen LogP contribution in [0, 0.1) is 0 Å². The molecule has 0 bridgehead atoms. The molecule has 9 heteroatoms. The lowest BCUT2D eigenvalue weighted by Crippen LogP contribution is -2.29. The highest BCUT2D eigenvalue weighted by Crippen LogP contribution is 2.43. The summed E-state index contributed by atoms with van der Waals surface area (Å²) in [6.07, 6.45) is 2.85. The maximum absolute atomic E-state index is 13.4. The fraction of sp³-hybridized carbons (Fsp3) is 0.241. The third kappa shape index (κ3) is 4.47. The van der Waals surface area contributed by atoms with Crippen molar-refractivity contribution in [2.45, 2.75) is 26.0 Å². The molecule has 1 N–H and O–H groups in total. The zero-order valence-corrected chi connectivity index (χ0v) is 21.2. The van der Waals surface area contributed by atoms with E-state index in [2.05, 4.69) is 4.98 Å². The minimum atomic E-state index is -0.906. The number of benzene rings is 2. The number of ether oxygens (including phenoxy) is 2. The molecule has 1 atom stereocenters. The number of carbonyl (C=O) groups excluding carboxylic acids is 3. The SMILES string of the molecule is CC(C)OC(=O)c1ccc(N2C(=O)C(=O)/C(=C(\O)c3ccc4c(c3)N(C)CCO4)C2c2ccncc2)cc1. The molecule has 1 fully saturated rings. The molecule has 2 aliphatic rings. The van der Waals surface area contributed by atoms with Crippen molar-refractivity contribution in [1.82, 2.24) is 4.98 Å². The van der Waals surface area contributed by atoms with Crippen LogP contribution in [-0.4, -0.2) is 54.1 Å². The standard InChI is InChI=1S/C29H27N3O6/c1-17(2)38-29(36)19-4-7-21(8-5-19)32-25(18-10-12-30-13-11-18)24(27(34)28(32)35)26(33)20-6-9-23-22(16-20)31(3)14-15-37-23/h4-13,16-17,25,33H,14-15H2,1-3H3/b26-24-. The predicted octanol–water partition coefficient (Wildman–Crippen LogP) is 4.10. The number of Topliss-reactive ketones (excluding diaryl/α,β-unsaturated/α-hetero) is 1. The molecule has 0 saturated carbocycles. The summed E-state index contributed by atoms with van der Waals surface area (Å²) in [4.78, 5) is 46.5. The van der Waals surface area contributed by atoms with E-state index in [1.807, 2.05) is 11.9 Å². The average molecular weight is 514 g/mol. The Morgan fingerprint density at radius 2 is 1.74 bits per heavy atom. The van der Waals surface area contributed by atoms with Crippen molar-refractivity contribution >= 4 is 34.8 Å². The van der Waals surface area contributed by atoms with Crippen LogP contribution >= 0.6 is 0 Å². The molecule has 1 saturated heterocycles. The Balaban J connectivity index is 1.60. The van der Waals surface area contributed by atoms with Crippen LogP contribution in [0.3, 0.4) is 0 Å². The van der Waals surface area contributed by atoms with E-state index in [1.165, 1.54) is 4.90 Å². The van der Waals surface area contributed by atoms with Gasteiger partial charge in [0.25, 0.3) is 11.7 Å². The van der Waals surface area contributed by atoms with Gasteiger partial charge in [-0.25, -0.2) is 4.79 Å². The van der Waals surface area contributed by atoms with Crippen molar-refractivity contribution in [2.24, 2.45) is 0 Å². The van der Waals surface area contributed by atoms with Gasteiger partial charge in [-0.3, -0.25) is 19.5 Å². The number of amides is 1. The number of esters is 1. The number of pyridine rings is 1. The minimum Gasteiger partial charge on any atom is -0.507 e. The molecule has 0 radical (unpaired) electrons. The van der Waals surface area contributed by atoms with Crippen molar-refractivity contribution in [2.75, 3.05) is 30.0 Å². The van der Waals surface area contributed by atoms with Crippen LogP contribution in [0.2, 0.25) is 0 Å². The van der Waals surface area contributed by atoms with Crippen molar-refractivity contribution in [3.63, 3.8) is 0 Å². The van der Waals surface area contributed by atoms with Gasteiger partial charge in [0.05, 0.1) is 35.5 Å². The van der Waals surface area contributed by atoms with Crippen LogP contribution in [-0.2, 0) is 14.3 Å². The number of rotatable bonds is 5. The van der Waals surface area contributed by atoms with E-state index in [9.17, 15) is 19.5 Å². The van der Waals surface area contributed by atoms with Crippen LogP contribution in [0.5, 0.6) is 5.75 Å². The Morgan fingerprint density at radius 1 is 1.05 bits per heavy atom. The van der Waals surface area contributed by atoms with Crippen molar-refractivity contribution in [3.8, 4) is 5.75 Å². The van der Waals surface area contributed by atoms with Crippen LogP contribution in [0.4, 0.5) is 11.4 Å². The molecule has 1 amide bonds. The van der Waals surface area contributed by atoms with Gasteiger partial charge in [0.1, 0.15) is 18.1 Å². The number of fused-ring (bicyclic) bond motifs is 1. The maximum Gasteiger partial charge on any atom is 0.338 e. The summed E-state index contributed by atoms with van der Waals surface area (Å²) in [6, 6.07) is 13.9. The van der Waals surface area contributed by atoms with Crippen LogP contribution in [0.15, 0.2) is 72.6 Å². The molecule has 2 aliphatic heterocycles. The van der Waals surface area contributed by atoms with Crippen LogP contribution in [0.1, 0.15) is 41.4 Å². The molecular formula is C29H27N3O6. The van der Waals surface area contributed by atoms with E-state index in [1.54, 1.807) is 80.8 Å². The molecule has 0 spiro atoms. The number of ketones is 1. The first-order valence-corrected chi connectivity index (χ1v) is 12.3. The van der Waals surface area contributed by atoms with E-state index in [4.69, 9.17) is 9.47 Å². The van der Waals surface area contributed by atoms with Gasteiger partial charge in [-0.05, 0) is 74.0 Å². The minimum absolute atomic E-state index is 0.0381. The van der Waals surface area contributed by atoms with Gasteiger partial charge >= 0.3 is 5.97 Å². The lowest BCUT2D eigenvalue weighted by molar-refractivity contribution is -0.132. The number of carbonyl (C=O) groups is 3. The van der Waals surface area contributed by atoms with Gasteiger partial charge in [0.15, 0.2) is 0 Å². The first-order valence-electron chi connectivity index (χ1n) is 12.3. The molecule has 1 unspecified atom stereocenters. The topological polar surface area (TPSA) is 109 Å². The fourth-order valence-electron chi connectivity index (χ4n) is 4.65. The number of aliphatic hydroxyl groups is 1. The van der Waals surface area contributed by atoms with Gasteiger partial charge in [0.2, 0.25) is 0 Å². The summed E-state index contributed by atoms with van der Waals surface area (Å²) in [5.74, 6) is -1.69. The van der Waals surface area contributed by atoms with Crippen molar-refractivity contribution < 1.29 is 29.0 Å². The maximum atomic E-state index is 13.4. The lowest BCUT2D eigenvalue weighted by atomic mass is 9.95. The number of hydrogen-bond donors (Lipinski definition) is 1. The summed E-state index contributed by atoms with van der Waals surface area (Å²) in [7, 11) is 1.92. The second-order valence-corrected chi connectivity index (χ2v) is 9.40. The third-order valence-electron chi connectivity index (χ3n) is 6.52. The number of likely N-dealkylation sites (N-methyl/N-ethyl adjacent to an activating group) is 1. The zero-order chi connectivity index (χ0) is 27.0. The second kappa shape index (κ2) is 10.0. The Kier molecular flexibility index (Phi) is 6.59. The summed E-state index contributed by atoms with van der Waals surface area (Å²) in [6.45, 7) is 4.75. The number of hydrogen-bond acceptors (Lipinski definition) is 8. The summed E-state index contributed by atoms with van der Waals surface area (Å²) in [5.41, 5.74) is 2.45. The highest BCUT2D eigenvalue weighted by Gasteiger charge is 2.47. The average Bonchev–Trinajstić information content (AvgIpc) is 3.18. The largest absolute Gasteiger partial charge is 0.507 e. The number of anilines is 2. The fourth-order valence-corrected chi connectivity index (χ4v) is 4.65. The quantitative estimate of drug-likeness (QED) is 0.235. The monoisotopic (exact) mass is 513 g/mol. The molecule has 5 rings (SSSR count). The van der Waals surface area contributed by atoms with Crippen LogP contribution < -0.4 is 14.5 Å². The predicted molar refractivity (Wildman–Crippen MR) is 141 cm³/mol. The van der Waals surface area contributed by atoms with Gasteiger partial charge in [-0.1, -0.05) is 0 Å². The Hall–Kier alpha value is -4.66. The molecule has 1 aromatic heterocycles. The molecular weight excluding hydrogens is 486 g/mol. The Bertz CT molecular complexity index is 1430. The Morgan fingerprint density at radius 3 is 2.42 bits per heavy atom. The van der Waals surface area contributed by atoms with Gasteiger partial charge in [0, 0.05) is 30.7 Å². The van der Waals surface area contributed by atoms with E-state index < -0.39 is 23.7 Å². The summed E-state index contributed by atoms with van der Waals surface area (Å²) in [5, 5.41) is 11.4. The van der Waals surface area contributed by atoms with Gasteiger partial charge in [-0.2, -0.15) is 0 Å². The highest BCUT2D eigenvalue weighted by molar-refractivity contribution is 6.51. The normalized spacial score (nSPS) is 18.4. The van der Waals surface area contributed by atoms with Crippen molar-refractivity contribution in [1.29, 1.82) is 0 Å². The first-order chi connectivity index (χ1) is 18.3. The zero-order valence-electron chi connectivity index (χ0n) is 21.2. The highest BCUT2D eigenvalue weighted by atomic mass is 16.5. The lowest BCUT2D eigenvalue weighted by Gasteiger charge is -2.28. The molecule has 0 aliphatic carbocycles. The van der Waals surface area contributed by atoms with Crippen molar-refractivity contribution in [3.05, 3.63) is 89.3 Å². The Labute approximate surface area is 219 Å². The molecule has 194 valence electrons. The van der Waals surface area contributed by atoms with E-state index in [-0.39, 0.29) is 17.4 Å². The van der Waals surface area contributed by atoms with Gasteiger partial charge < -0.3 is 19.5 Å². The number of aromatic nitrogens is 1. The molecule has 3 heterocycles. The first kappa shape index (κ1) is 25.0. The van der Waals surface area contributed by atoms with Gasteiger partial charge in [-0.15, -0.1) is 0 Å². The third-order valence-corrected chi connectivity index (χ3v) is 6.52. The van der Waals surface area contributed by atoms with E-state index >= 15 is 0 Å². The summed E-state index contributed by atoms with van der Waals surface area (Å²) < 4.78 is 10.9. The smallest absolute Gasteiger partial charge is 0.338 e. The van der Waals surface area contributed by atoms with E-state index in [0.717, 1.165) is 5.69 Å². The number of aliphatic hydroxyl groups excluding tert-OH is 1. The van der Waals surface area contributed by atoms with E-state index in [0.29, 0.717) is 41.3 Å². The summed E-state index contributed by atoms with van der Waals surface area (Å²) >= 11 is 0. The molecule has 2 aromatic carbocycles. The molecule has 3 aromatic rings.